The fourth-order valence-electron chi connectivity index (χ4n) is 10.3. The summed E-state index contributed by atoms with van der Waals surface area (Å²) in [5.74, 6) is 1.38. The number of rotatable bonds is 9. The molecular formula is C56H53NO. The molecule has 2 nitrogen and oxygen atoms in total. The second-order valence-corrected chi connectivity index (χ2v) is 17.4. The molecular weight excluding hydrogens is 703 g/mol. The summed E-state index contributed by atoms with van der Waals surface area (Å²) in [6.45, 7) is 26.9. The summed E-state index contributed by atoms with van der Waals surface area (Å²) < 4.78 is 7.12. The van der Waals surface area contributed by atoms with Crippen molar-refractivity contribution in [2.75, 3.05) is 4.90 Å². The molecule has 7 aromatic rings. The van der Waals surface area contributed by atoms with Crippen LogP contribution in [-0.2, 0) is 17.3 Å². The number of furan rings is 1. The number of hydrogen-bond acceptors (Lipinski definition) is 2. The first kappa shape index (κ1) is 37.5. The Kier molecular flexibility index (Phi) is 8.89. The quantitative estimate of drug-likeness (QED) is 0.146. The van der Waals surface area contributed by atoms with Gasteiger partial charge in [0.2, 0.25) is 0 Å². The molecule has 6 aromatic carbocycles. The maximum absolute atomic E-state index is 7.12. The summed E-state index contributed by atoms with van der Waals surface area (Å²) in [7, 11) is 0. The lowest BCUT2D eigenvalue weighted by Crippen LogP contribution is -2.24. The predicted octanol–water partition coefficient (Wildman–Crippen LogP) is 15.9. The highest BCUT2D eigenvalue weighted by atomic mass is 16.3. The van der Waals surface area contributed by atoms with Gasteiger partial charge in [-0.05, 0) is 116 Å². The number of allylic oxidation sites excluding steroid dienone is 1. The Morgan fingerprint density at radius 1 is 0.707 bits per heavy atom. The minimum atomic E-state index is -0.260. The molecule has 1 heterocycles. The Bertz CT molecular complexity index is 2820. The molecule has 0 saturated heterocycles. The lowest BCUT2D eigenvalue weighted by molar-refractivity contribution is 0.595. The van der Waals surface area contributed by atoms with Gasteiger partial charge in [0.25, 0.3) is 0 Å². The van der Waals surface area contributed by atoms with Crippen molar-refractivity contribution in [2.45, 2.75) is 78.6 Å². The Hall–Kier alpha value is -6.12. The Balaban J connectivity index is 1.24. The smallest absolute Gasteiger partial charge is 0.159 e. The molecule has 288 valence electrons. The van der Waals surface area contributed by atoms with Gasteiger partial charge in [0.1, 0.15) is 5.76 Å². The first-order chi connectivity index (χ1) is 28.0. The van der Waals surface area contributed by atoms with Gasteiger partial charge in [0, 0.05) is 38.7 Å². The van der Waals surface area contributed by atoms with E-state index in [1.165, 1.54) is 61.2 Å². The minimum absolute atomic E-state index is 0.186. The monoisotopic (exact) mass is 755 g/mol. The van der Waals surface area contributed by atoms with E-state index < -0.39 is 0 Å². The number of anilines is 3. The summed E-state index contributed by atoms with van der Waals surface area (Å²) in [4.78, 5) is 2.41. The van der Waals surface area contributed by atoms with E-state index in [9.17, 15) is 0 Å². The molecule has 2 aliphatic carbocycles. The van der Waals surface area contributed by atoms with Crippen molar-refractivity contribution in [3.63, 3.8) is 0 Å². The fourth-order valence-corrected chi connectivity index (χ4v) is 10.3. The molecule has 2 heteroatoms. The van der Waals surface area contributed by atoms with Crippen molar-refractivity contribution < 1.29 is 4.42 Å². The second kappa shape index (κ2) is 13.8. The highest BCUT2D eigenvalue weighted by Crippen LogP contribution is 2.60. The average Bonchev–Trinajstić information content (AvgIpc) is 3.80. The number of aryl methyl sites for hydroxylation is 1. The van der Waals surface area contributed by atoms with Gasteiger partial charge in [-0.15, -0.1) is 0 Å². The van der Waals surface area contributed by atoms with E-state index in [1.807, 2.05) is 12.2 Å². The van der Waals surface area contributed by atoms with Crippen LogP contribution in [-0.4, -0.2) is 0 Å². The summed E-state index contributed by atoms with van der Waals surface area (Å²) >= 11 is 0. The van der Waals surface area contributed by atoms with Crippen molar-refractivity contribution in [3.05, 3.63) is 190 Å². The Morgan fingerprint density at radius 3 is 2.05 bits per heavy atom. The van der Waals surface area contributed by atoms with Gasteiger partial charge in [-0.3, -0.25) is 0 Å². The second-order valence-electron chi connectivity index (χ2n) is 17.4. The largest absolute Gasteiger partial charge is 0.454 e. The number of para-hydroxylation sites is 1. The SMILES string of the molecule is C=Cc1ccc2c(c1C=C)-c1ccc3c(c1C2(C)C)C(C)(C)c1cc(N(c2ccc(C(C)C)cc2)c2cccc4c(CC)c(/C(=C\C)c5ccccc5)oc24)ccc1-3. The van der Waals surface area contributed by atoms with Crippen LogP contribution < -0.4 is 4.90 Å². The molecule has 0 N–H and O–H groups in total. The van der Waals surface area contributed by atoms with Crippen LogP contribution in [0, 0.1) is 0 Å². The van der Waals surface area contributed by atoms with E-state index in [0.29, 0.717) is 5.92 Å². The van der Waals surface area contributed by atoms with Gasteiger partial charge in [0.05, 0.1) is 5.69 Å². The molecule has 0 atom stereocenters. The van der Waals surface area contributed by atoms with E-state index in [0.717, 1.165) is 56.9 Å². The predicted molar refractivity (Wildman–Crippen MR) is 249 cm³/mol. The van der Waals surface area contributed by atoms with Crippen LogP contribution >= 0.6 is 0 Å². The van der Waals surface area contributed by atoms with Crippen molar-refractivity contribution >= 4 is 45.8 Å². The summed E-state index contributed by atoms with van der Waals surface area (Å²) in [6, 6.07) is 42.7. The van der Waals surface area contributed by atoms with Crippen LogP contribution in [0.3, 0.4) is 0 Å². The fraction of sp³-hybridized carbons (Fsp3) is 0.214. The number of benzene rings is 6. The van der Waals surface area contributed by atoms with Crippen LogP contribution in [0.5, 0.6) is 0 Å². The lowest BCUT2D eigenvalue weighted by atomic mass is 9.72. The Morgan fingerprint density at radius 2 is 1.38 bits per heavy atom. The molecule has 0 radical (unpaired) electrons. The molecule has 0 bridgehead atoms. The topological polar surface area (TPSA) is 16.4 Å². The molecule has 0 spiro atoms. The van der Waals surface area contributed by atoms with E-state index in [-0.39, 0.29) is 10.8 Å². The maximum Gasteiger partial charge on any atom is 0.159 e. The Labute approximate surface area is 344 Å². The van der Waals surface area contributed by atoms with Crippen LogP contribution in [0.4, 0.5) is 17.1 Å². The highest BCUT2D eigenvalue weighted by molar-refractivity contribution is 6.01. The van der Waals surface area contributed by atoms with Gasteiger partial charge in [0.15, 0.2) is 5.58 Å². The van der Waals surface area contributed by atoms with Crippen molar-refractivity contribution in [2.24, 2.45) is 0 Å². The van der Waals surface area contributed by atoms with E-state index >= 15 is 0 Å². The van der Waals surface area contributed by atoms with Crippen molar-refractivity contribution in [1.29, 1.82) is 0 Å². The van der Waals surface area contributed by atoms with Crippen LogP contribution in [0.2, 0.25) is 0 Å². The van der Waals surface area contributed by atoms with Gasteiger partial charge in [-0.1, -0.05) is 165 Å². The highest BCUT2D eigenvalue weighted by Gasteiger charge is 2.46. The van der Waals surface area contributed by atoms with Crippen molar-refractivity contribution in [1.82, 2.24) is 0 Å². The third-order valence-corrected chi connectivity index (χ3v) is 13.2. The number of hydrogen-bond donors (Lipinski definition) is 0. The molecule has 0 saturated carbocycles. The summed E-state index contributed by atoms with van der Waals surface area (Å²) in [5.41, 5.74) is 21.6. The van der Waals surface area contributed by atoms with Crippen LogP contribution in [0.1, 0.15) is 117 Å². The molecule has 1 aromatic heterocycles. The first-order valence-corrected chi connectivity index (χ1v) is 20.9. The molecule has 2 aliphatic rings. The zero-order chi connectivity index (χ0) is 40.7. The molecule has 58 heavy (non-hydrogen) atoms. The minimum Gasteiger partial charge on any atom is -0.454 e. The van der Waals surface area contributed by atoms with Crippen LogP contribution in [0.25, 0.3) is 50.9 Å². The molecule has 0 amide bonds. The van der Waals surface area contributed by atoms with Crippen LogP contribution in [0.15, 0.2) is 139 Å². The van der Waals surface area contributed by atoms with E-state index in [4.69, 9.17) is 4.42 Å². The molecule has 0 aliphatic heterocycles. The standard InChI is InChI=1S/C56H53NO/c1-11-35-25-32-47-50(40(35)12-2)46-31-30-44-43-29-28-39(33-48(43)56(9,10)51(44)52(46)55(47,7)8)57(38-26-23-36(24-27-38)34(5)6)49-22-18-21-45-42(14-4)53(58-54(45)49)41(13-3)37-19-16-15-17-20-37/h11-13,15-34H,1-2,14H2,3-10H3/b41-13-. The van der Waals surface area contributed by atoms with Crippen molar-refractivity contribution in [3.8, 4) is 22.3 Å². The zero-order valence-corrected chi connectivity index (χ0v) is 35.3. The molecule has 0 fully saturated rings. The van der Waals surface area contributed by atoms with E-state index in [2.05, 4.69) is 195 Å². The third kappa shape index (κ3) is 5.38. The number of nitrogens with zero attached hydrogens (tertiary/aromatic N) is 1. The maximum atomic E-state index is 7.12. The third-order valence-electron chi connectivity index (χ3n) is 13.2. The first-order valence-electron chi connectivity index (χ1n) is 20.9. The van der Waals surface area contributed by atoms with Gasteiger partial charge in [-0.25, -0.2) is 0 Å². The normalized spacial score (nSPS) is 14.6. The molecule has 9 rings (SSSR count). The zero-order valence-electron chi connectivity index (χ0n) is 35.3. The summed E-state index contributed by atoms with van der Waals surface area (Å²) in [5, 5.41) is 1.15. The van der Waals surface area contributed by atoms with Gasteiger partial charge < -0.3 is 9.32 Å². The lowest BCUT2D eigenvalue weighted by Gasteiger charge is -2.31. The average molecular weight is 756 g/mol. The van der Waals surface area contributed by atoms with E-state index in [1.54, 1.807) is 0 Å². The summed E-state index contributed by atoms with van der Waals surface area (Å²) in [6.07, 6.45) is 7.00. The van der Waals surface area contributed by atoms with Gasteiger partial charge >= 0.3 is 0 Å². The number of fused-ring (bicyclic) bond motifs is 8. The van der Waals surface area contributed by atoms with Gasteiger partial charge in [-0.2, -0.15) is 0 Å². The molecule has 0 unspecified atom stereocenters.